The number of benzene rings is 2. The fourth-order valence-electron chi connectivity index (χ4n) is 4.51. The van der Waals surface area contributed by atoms with Crippen LogP contribution >= 0.6 is 0 Å². The summed E-state index contributed by atoms with van der Waals surface area (Å²) < 4.78 is 32.1. The van der Waals surface area contributed by atoms with E-state index in [1.54, 1.807) is 21.3 Å². The average molecular weight is 485 g/mol. The molecule has 1 aliphatic heterocycles. The molecule has 188 valence electrons. The third-order valence-corrected chi connectivity index (χ3v) is 6.25. The Balaban J connectivity index is 1.73. The highest BCUT2D eigenvalue weighted by Crippen LogP contribution is 2.42. The summed E-state index contributed by atoms with van der Waals surface area (Å²) in [6, 6.07) is 10.3. The first kappa shape index (κ1) is 24.7. The van der Waals surface area contributed by atoms with Crippen molar-refractivity contribution >= 4 is 5.69 Å². The van der Waals surface area contributed by atoms with Gasteiger partial charge in [-0.3, -0.25) is 4.90 Å². The van der Waals surface area contributed by atoms with Crippen molar-refractivity contribution in [3.63, 3.8) is 0 Å². The van der Waals surface area contributed by atoms with Gasteiger partial charge in [0.15, 0.2) is 17.3 Å². The molecule has 2 heterocycles. The molecule has 1 aliphatic rings. The predicted molar refractivity (Wildman–Crippen MR) is 131 cm³/mol. The number of tetrazole rings is 1. The molecule has 0 amide bonds. The van der Waals surface area contributed by atoms with Crippen molar-refractivity contribution in [2.24, 2.45) is 0 Å². The fourth-order valence-corrected chi connectivity index (χ4v) is 4.51. The van der Waals surface area contributed by atoms with E-state index < -0.39 is 0 Å². The van der Waals surface area contributed by atoms with Crippen LogP contribution in [0.1, 0.15) is 38.2 Å². The summed E-state index contributed by atoms with van der Waals surface area (Å²) in [5, 5.41) is 12.8. The lowest BCUT2D eigenvalue weighted by atomic mass is 10.00. The second-order valence-electron chi connectivity index (χ2n) is 9.48. The van der Waals surface area contributed by atoms with E-state index in [0.717, 1.165) is 43.3 Å². The lowest BCUT2D eigenvalue weighted by Gasteiger charge is -2.40. The van der Waals surface area contributed by atoms with E-state index in [-0.39, 0.29) is 17.4 Å². The molecule has 35 heavy (non-hydrogen) atoms. The van der Waals surface area contributed by atoms with E-state index in [1.165, 1.54) is 12.1 Å². The van der Waals surface area contributed by atoms with E-state index in [2.05, 4.69) is 46.1 Å². The van der Waals surface area contributed by atoms with Crippen LogP contribution in [0.3, 0.4) is 0 Å². The lowest BCUT2D eigenvalue weighted by Crippen LogP contribution is -2.48. The molecule has 2 aromatic carbocycles. The van der Waals surface area contributed by atoms with Crippen LogP contribution in [0.15, 0.2) is 36.4 Å². The monoisotopic (exact) mass is 484 g/mol. The number of anilines is 1. The molecular weight excluding hydrogens is 451 g/mol. The van der Waals surface area contributed by atoms with Crippen LogP contribution in [-0.4, -0.2) is 72.6 Å². The van der Waals surface area contributed by atoms with Gasteiger partial charge in [0.25, 0.3) is 0 Å². The second kappa shape index (κ2) is 10.1. The van der Waals surface area contributed by atoms with Gasteiger partial charge in [-0.1, -0.05) is 0 Å². The fraction of sp³-hybridized carbons (Fsp3) is 0.480. The first-order valence-corrected chi connectivity index (χ1v) is 11.6. The van der Waals surface area contributed by atoms with Gasteiger partial charge in [-0.05, 0) is 73.2 Å². The third kappa shape index (κ3) is 5.02. The number of aromatic nitrogens is 4. The highest BCUT2D eigenvalue weighted by atomic mass is 19.1. The van der Waals surface area contributed by atoms with Gasteiger partial charge in [0.05, 0.1) is 32.9 Å². The normalized spacial score (nSPS) is 15.7. The number of nitrogens with zero attached hydrogens (tertiary/aromatic N) is 6. The Morgan fingerprint density at radius 1 is 0.886 bits per heavy atom. The molecule has 10 heteroatoms. The molecule has 9 nitrogen and oxygen atoms in total. The Hall–Kier alpha value is -3.40. The molecule has 1 atom stereocenters. The Morgan fingerprint density at radius 2 is 1.49 bits per heavy atom. The van der Waals surface area contributed by atoms with Crippen LogP contribution in [0.25, 0.3) is 0 Å². The van der Waals surface area contributed by atoms with Gasteiger partial charge in [-0.25, -0.2) is 9.07 Å². The smallest absolute Gasteiger partial charge is 0.203 e. The summed E-state index contributed by atoms with van der Waals surface area (Å²) in [6.07, 6.45) is 0. The number of rotatable bonds is 7. The number of ether oxygens (including phenoxy) is 3. The minimum atomic E-state index is -0.312. The maximum absolute atomic E-state index is 13.4. The SMILES string of the molecule is COc1cc([C@H](c2nnnn2C(C)(C)C)N2CCN(c3ccc(F)cc3)CC2)cc(OC)c1OC. The summed E-state index contributed by atoms with van der Waals surface area (Å²) in [4.78, 5) is 4.61. The maximum Gasteiger partial charge on any atom is 0.203 e. The van der Waals surface area contributed by atoms with Crippen LogP contribution < -0.4 is 19.1 Å². The zero-order valence-electron chi connectivity index (χ0n) is 21.2. The van der Waals surface area contributed by atoms with Gasteiger partial charge < -0.3 is 19.1 Å². The Morgan fingerprint density at radius 3 is 2.00 bits per heavy atom. The van der Waals surface area contributed by atoms with Crippen molar-refractivity contribution < 1.29 is 18.6 Å². The minimum absolute atomic E-state index is 0.233. The second-order valence-corrected chi connectivity index (χ2v) is 9.48. The van der Waals surface area contributed by atoms with Gasteiger partial charge in [0.1, 0.15) is 5.82 Å². The molecule has 0 unspecified atom stereocenters. The van der Waals surface area contributed by atoms with Gasteiger partial charge in [0.2, 0.25) is 5.75 Å². The van der Waals surface area contributed by atoms with Crippen LogP contribution in [0, 0.1) is 5.82 Å². The zero-order chi connectivity index (χ0) is 25.2. The Bertz CT molecular complexity index is 1110. The molecular formula is C25H33FN6O3. The number of halogens is 1. The van der Waals surface area contributed by atoms with E-state index in [4.69, 9.17) is 14.2 Å². The van der Waals surface area contributed by atoms with E-state index in [1.807, 2.05) is 28.9 Å². The molecule has 1 saturated heterocycles. The number of methoxy groups -OCH3 is 3. The zero-order valence-corrected chi connectivity index (χ0v) is 21.2. The van der Waals surface area contributed by atoms with Gasteiger partial charge in [-0.15, -0.1) is 5.10 Å². The molecule has 0 radical (unpaired) electrons. The summed E-state index contributed by atoms with van der Waals surface area (Å²) in [6.45, 7) is 9.31. The maximum atomic E-state index is 13.4. The first-order chi connectivity index (χ1) is 16.8. The van der Waals surface area contributed by atoms with Gasteiger partial charge in [-0.2, -0.15) is 0 Å². The van der Waals surface area contributed by atoms with Crippen molar-refractivity contribution in [3.8, 4) is 17.2 Å². The molecule has 0 saturated carbocycles. The molecule has 0 spiro atoms. The Labute approximate surface area is 205 Å². The minimum Gasteiger partial charge on any atom is -0.493 e. The van der Waals surface area contributed by atoms with E-state index in [0.29, 0.717) is 17.2 Å². The molecule has 0 bridgehead atoms. The molecule has 1 fully saturated rings. The summed E-state index contributed by atoms with van der Waals surface area (Å²) in [5.41, 5.74) is 1.64. The summed E-state index contributed by atoms with van der Waals surface area (Å²) >= 11 is 0. The van der Waals surface area contributed by atoms with E-state index >= 15 is 0 Å². The third-order valence-electron chi connectivity index (χ3n) is 6.25. The molecule has 0 aliphatic carbocycles. The van der Waals surface area contributed by atoms with Crippen molar-refractivity contribution in [3.05, 3.63) is 53.6 Å². The largest absolute Gasteiger partial charge is 0.493 e. The quantitative estimate of drug-likeness (QED) is 0.504. The molecule has 1 aromatic heterocycles. The summed E-state index contributed by atoms with van der Waals surface area (Å²) in [5.74, 6) is 2.19. The number of piperazine rings is 1. The van der Waals surface area contributed by atoms with Gasteiger partial charge >= 0.3 is 0 Å². The van der Waals surface area contributed by atoms with Crippen molar-refractivity contribution in [1.82, 2.24) is 25.1 Å². The van der Waals surface area contributed by atoms with Crippen LogP contribution in [0.5, 0.6) is 17.2 Å². The van der Waals surface area contributed by atoms with Crippen LogP contribution in [0.2, 0.25) is 0 Å². The average Bonchev–Trinajstić information content (AvgIpc) is 3.34. The van der Waals surface area contributed by atoms with Crippen molar-refractivity contribution in [2.75, 3.05) is 52.4 Å². The molecule has 3 aromatic rings. The molecule has 4 rings (SSSR count). The van der Waals surface area contributed by atoms with Crippen LogP contribution in [0.4, 0.5) is 10.1 Å². The highest BCUT2D eigenvalue weighted by molar-refractivity contribution is 5.55. The molecule has 0 N–H and O–H groups in total. The number of hydrogen-bond donors (Lipinski definition) is 0. The van der Waals surface area contributed by atoms with E-state index in [9.17, 15) is 4.39 Å². The highest BCUT2D eigenvalue weighted by Gasteiger charge is 2.34. The van der Waals surface area contributed by atoms with Crippen molar-refractivity contribution in [2.45, 2.75) is 32.4 Å². The first-order valence-electron chi connectivity index (χ1n) is 11.6. The van der Waals surface area contributed by atoms with Gasteiger partial charge in [0, 0.05) is 31.9 Å². The summed E-state index contributed by atoms with van der Waals surface area (Å²) in [7, 11) is 4.81. The number of hydrogen-bond acceptors (Lipinski definition) is 8. The lowest BCUT2D eigenvalue weighted by molar-refractivity contribution is 0.190. The van der Waals surface area contributed by atoms with Crippen LogP contribution in [-0.2, 0) is 5.54 Å². The Kier molecular flexibility index (Phi) is 7.11. The topological polar surface area (TPSA) is 77.8 Å². The van der Waals surface area contributed by atoms with Crippen molar-refractivity contribution in [1.29, 1.82) is 0 Å². The standard InChI is InChI=1S/C25H33FN6O3/c1-25(2,3)32-24(27-28-29-32)22(17-15-20(33-4)23(35-6)21(16-17)34-5)31-13-11-30(12-14-31)19-9-7-18(26)8-10-19/h7-10,15-16,22H,11-14H2,1-6H3/t22-/m1/s1. The predicted octanol–water partition coefficient (Wildman–Crippen LogP) is 3.50.